The van der Waals surface area contributed by atoms with Crippen LogP contribution in [0.4, 0.5) is 0 Å². The summed E-state index contributed by atoms with van der Waals surface area (Å²) in [6.45, 7) is 12.6. The number of aliphatic carboxylic acids is 1. The number of methoxy groups -OCH3 is 1. The number of ether oxygens (including phenoxy) is 1. The molecule has 10 rings (SSSR count). The van der Waals surface area contributed by atoms with E-state index in [9.17, 15) is 24.3 Å². The molecule has 0 spiro atoms. The molecule has 0 aliphatic carbocycles. The Hall–Kier alpha value is -8.18. The molecule has 2 aliphatic rings. The highest BCUT2D eigenvalue weighted by Crippen LogP contribution is 2.37. The van der Waals surface area contributed by atoms with Gasteiger partial charge in [0, 0.05) is 57.0 Å². The molecule has 1 amide bonds. The fourth-order valence-electron chi connectivity index (χ4n) is 9.65. The van der Waals surface area contributed by atoms with E-state index in [-0.39, 0.29) is 35.8 Å². The first-order valence-electron chi connectivity index (χ1n) is 24.1. The topological polar surface area (TPSA) is 220 Å². The first-order chi connectivity index (χ1) is 34.9. The van der Waals surface area contributed by atoms with Crippen molar-refractivity contribution in [3.8, 4) is 0 Å². The molecule has 2 unspecified atom stereocenters. The normalized spacial score (nSPS) is 13.7. The maximum absolute atomic E-state index is 13.0. The van der Waals surface area contributed by atoms with Crippen LogP contribution in [-0.2, 0) is 53.3 Å². The monoisotopic (exact) mass is 970 g/mol. The molecule has 0 bridgehead atoms. The maximum atomic E-state index is 13.0. The van der Waals surface area contributed by atoms with Crippen LogP contribution in [0.25, 0.3) is 22.1 Å². The van der Waals surface area contributed by atoms with E-state index in [0.717, 1.165) is 93.5 Å². The van der Waals surface area contributed by atoms with Crippen LogP contribution in [0.2, 0.25) is 0 Å². The number of carbonyl (C=O) groups excluding carboxylic acids is 2. The Kier molecular flexibility index (Phi) is 15.8. The maximum Gasteiger partial charge on any atom is 0.354 e. The van der Waals surface area contributed by atoms with Gasteiger partial charge in [0.05, 0.1) is 31.0 Å². The molecule has 72 heavy (non-hydrogen) atoms. The van der Waals surface area contributed by atoms with Crippen molar-refractivity contribution in [3.63, 3.8) is 0 Å². The van der Waals surface area contributed by atoms with Crippen molar-refractivity contribution in [3.05, 3.63) is 176 Å². The SMILES string of the molecule is CCn1nnc2c(C)c(C(CC(=O)O)c3ccc4c(c3)CN(C(=O)c3ccccn3)CC4)ccc21.CCn1nnc2c(C)c(C(CC(=O)OC)c3ccc4c(c3)CNCC4)ccc21.O=C(O)c1ccccn1. The second-order valence-corrected chi connectivity index (χ2v) is 17.8. The van der Waals surface area contributed by atoms with E-state index < -0.39 is 11.9 Å². The second kappa shape index (κ2) is 22.7. The largest absolute Gasteiger partial charge is 0.481 e. The number of nitrogens with zero attached hydrogens (tertiary/aromatic N) is 9. The van der Waals surface area contributed by atoms with Crippen molar-refractivity contribution in [1.82, 2.24) is 50.2 Å². The minimum absolute atomic E-state index is 0.0381. The number of esters is 1. The predicted octanol–water partition coefficient (Wildman–Crippen LogP) is 7.84. The summed E-state index contributed by atoms with van der Waals surface area (Å²) in [4.78, 5) is 56.8. The van der Waals surface area contributed by atoms with Gasteiger partial charge in [0.15, 0.2) is 0 Å². The third kappa shape index (κ3) is 11.1. The fraction of sp³-hybridized carbons (Fsp3) is 0.309. The van der Waals surface area contributed by atoms with Gasteiger partial charge in [-0.1, -0.05) is 71.1 Å². The number of carboxylic acids is 2. The van der Waals surface area contributed by atoms with Gasteiger partial charge in [0.2, 0.25) is 0 Å². The third-order valence-corrected chi connectivity index (χ3v) is 13.5. The van der Waals surface area contributed by atoms with Gasteiger partial charge < -0.3 is 25.2 Å². The molecular weight excluding hydrogens is 913 g/mol. The number of amides is 1. The summed E-state index contributed by atoms with van der Waals surface area (Å²) in [6.07, 6.45) is 5.13. The van der Waals surface area contributed by atoms with Gasteiger partial charge in [0.25, 0.3) is 5.91 Å². The minimum Gasteiger partial charge on any atom is -0.481 e. The van der Waals surface area contributed by atoms with Crippen molar-refractivity contribution < 1.29 is 34.1 Å². The number of aromatic nitrogens is 8. The van der Waals surface area contributed by atoms with Gasteiger partial charge in [0.1, 0.15) is 22.4 Å². The van der Waals surface area contributed by atoms with Crippen molar-refractivity contribution in [1.29, 1.82) is 0 Å². The van der Waals surface area contributed by atoms with Gasteiger partial charge in [-0.3, -0.25) is 19.4 Å². The van der Waals surface area contributed by atoms with Crippen LogP contribution >= 0.6 is 0 Å². The smallest absolute Gasteiger partial charge is 0.354 e. The van der Waals surface area contributed by atoms with Crippen LogP contribution in [-0.4, -0.2) is 99.1 Å². The number of carboxylic acid groups (broad SMARTS) is 2. The number of benzene rings is 4. The Labute approximate surface area is 416 Å². The van der Waals surface area contributed by atoms with Gasteiger partial charge in [-0.05, 0) is 139 Å². The Morgan fingerprint density at radius 2 is 1.22 bits per heavy atom. The lowest BCUT2D eigenvalue weighted by Gasteiger charge is -2.30. The molecule has 8 aromatic rings. The summed E-state index contributed by atoms with van der Waals surface area (Å²) < 4.78 is 8.73. The van der Waals surface area contributed by atoms with E-state index in [1.165, 1.54) is 36.1 Å². The van der Waals surface area contributed by atoms with Crippen molar-refractivity contribution >= 4 is 45.9 Å². The first-order valence-corrected chi connectivity index (χ1v) is 24.1. The molecule has 17 heteroatoms. The third-order valence-electron chi connectivity index (χ3n) is 13.5. The molecule has 0 saturated heterocycles. The summed E-state index contributed by atoms with van der Waals surface area (Å²) in [5.41, 5.74) is 15.2. The first kappa shape index (κ1) is 50.2. The highest BCUT2D eigenvalue weighted by Gasteiger charge is 2.28. The lowest BCUT2D eigenvalue weighted by molar-refractivity contribution is -0.141. The molecular formula is C55H58N10O7. The Balaban J connectivity index is 0.000000167. The van der Waals surface area contributed by atoms with E-state index >= 15 is 0 Å². The number of fused-ring (bicyclic) bond motifs is 4. The average molecular weight is 971 g/mol. The van der Waals surface area contributed by atoms with Crippen LogP contribution in [0.15, 0.2) is 109 Å². The number of nitrogens with one attached hydrogen (secondary N) is 1. The Morgan fingerprint density at radius 1 is 0.667 bits per heavy atom. The van der Waals surface area contributed by atoms with E-state index in [4.69, 9.17) is 9.84 Å². The molecule has 0 fully saturated rings. The van der Waals surface area contributed by atoms with Gasteiger partial charge >= 0.3 is 17.9 Å². The summed E-state index contributed by atoms with van der Waals surface area (Å²) in [5.74, 6) is -2.57. The summed E-state index contributed by atoms with van der Waals surface area (Å²) in [6, 6.07) is 31.0. The minimum atomic E-state index is -0.990. The Bertz CT molecular complexity index is 3250. The fourth-order valence-corrected chi connectivity index (χ4v) is 9.65. The Morgan fingerprint density at radius 3 is 1.74 bits per heavy atom. The molecule has 3 N–H and O–H groups in total. The summed E-state index contributed by atoms with van der Waals surface area (Å²) in [5, 5.41) is 38.7. The highest BCUT2D eigenvalue weighted by atomic mass is 16.5. The molecule has 17 nitrogen and oxygen atoms in total. The zero-order valence-corrected chi connectivity index (χ0v) is 41.1. The van der Waals surface area contributed by atoms with Gasteiger partial charge in [-0.2, -0.15) is 0 Å². The molecule has 0 saturated carbocycles. The lowest BCUT2D eigenvalue weighted by Crippen LogP contribution is -2.36. The molecule has 6 heterocycles. The van der Waals surface area contributed by atoms with E-state index in [1.54, 1.807) is 35.4 Å². The van der Waals surface area contributed by atoms with Crippen LogP contribution < -0.4 is 5.32 Å². The van der Waals surface area contributed by atoms with Crippen LogP contribution in [0, 0.1) is 13.8 Å². The van der Waals surface area contributed by atoms with Gasteiger partial charge in [-0.15, -0.1) is 10.2 Å². The molecule has 4 aromatic carbocycles. The number of aromatic carboxylic acids is 1. The zero-order chi connectivity index (χ0) is 50.9. The second-order valence-electron chi connectivity index (χ2n) is 17.8. The number of pyridine rings is 2. The predicted molar refractivity (Wildman–Crippen MR) is 271 cm³/mol. The van der Waals surface area contributed by atoms with Crippen LogP contribution in [0.3, 0.4) is 0 Å². The van der Waals surface area contributed by atoms with Crippen LogP contribution in [0.5, 0.6) is 0 Å². The average Bonchev–Trinajstić information content (AvgIpc) is 4.05. The van der Waals surface area contributed by atoms with E-state index in [0.29, 0.717) is 31.7 Å². The summed E-state index contributed by atoms with van der Waals surface area (Å²) >= 11 is 0. The number of hydrogen-bond acceptors (Lipinski definition) is 12. The van der Waals surface area contributed by atoms with Crippen molar-refractivity contribution in [2.45, 2.75) is 91.4 Å². The van der Waals surface area contributed by atoms with E-state index in [2.05, 4.69) is 92.2 Å². The number of aryl methyl sites for hydroxylation is 4. The molecule has 2 aliphatic heterocycles. The van der Waals surface area contributed by atoms with E-state index in [1.807, 2.05) is 47.5 Å². The zero-order valence-electron chi connectivity index (χ0n) is 41.1. The molecule has 2 atom stereocenters. The lowest BCUT2D eigenvalue weighted by atomic mass is 9.83. The molecule has 4 aromatic heterocycles. The standard InChI is InChI=1S/C27H27N5O3.C22H26N4O2.C6H5NO2/c1-3-32-24-10-9-21(17(2)26(24)29-30-32)22(15-25(33)34)19-8-7-18-11-13-31(16-20(18)14-19)27(35)23-6-4-5-12-28-23;1-4-26-20-8-7-18(14(2)22(20)24-25-26)19(12-21(27)28-3)16-6-5-15-9-10-23-13-17(15)11-16;8-6(9)5-3-1-2-4-7-5/h4-10,12,14,22H,3,11,13,15-16H2,1-2H3,(H,33,34);5-8,11,19,23H,4,9-10,12-13H2,1-3H3;1-4H,(H,8,9). The number of carbonyl (C=O) groups is 4. The highest BCUT2D eigenvalue weighted by molar-refractivity contribution is 5.92. The van der Waals surface area contributed by atoms with Gasteiger partial charge in [-0.25, -0.2) is 19.1 Å². The van der Waals surface area contributed by atoms with Crippen molar-refractivity contribution in [2.24, 2.45) is 0 Å². The quantitative estimate of drug-likeness (QED) is 0.0994. The molecule has 370 valence electrons. The van der Waals surface area contributed by atoms with Crippen molar-refractivity contribution in [2.75, 3.05) is 20.2 Å². The molecule has 0 radical (unpaired) electrons. The number of rotatable bonds is 12. The van der Waals surface area contributed by atoms with Crippen LogP contribution in [0.1, 0.15) is 115 Å². The summed E-state index contributed by atoms with van der Waals surface area (Å²) in [7, 11) is 1.44. The number of hydrogen-bond donors (Lipinski definition) is 3.